The third-order valence-corrected chi connectivity index (χ3v) is 5.07. The molecule has 3 rings (SSSR count). The van der Waals surface area contributed by atoms with E-state index in [0.29, 0.717) is 5.92 Å². The fourth-order valence-electron chi connectivity index (χ4n) is 2.61. The van der Waals surface area contributed by atoms with Crippen LogP contribution in [0.3, 0.4) is 0 Å². The number of aliphatic hydroxyl groups is 1. The number of thiazole rings is 1. The quantitative estimate of drug-likeness (QED) is 0.895. The van der Waals surface area contributed by atoms with Gasteiger partial charge in [0.25, 0.3) is 0 Å². The standard InChI is InChI=1S/C13H20N2OS/c1-2-9-5-6-15(7-9)13-14-12(10-3-4-10)11(8-16)17-13/h9-10,16H,2-8H2,1H3. The van der Waals surface area contributed by atoms with E-state index in [1.807, 2.05) is 0 Å². The molecule has 2 fully saturated rings. The van der Waals surface area contributed by atoms with E-state index in [-0.39, 0.29) is 6.61 Å². The molecule has 0 bridgehead atoms. The van der Waals surface area contributed by atoms with Gasteiger partial charge >= 0.3 is 0 Å². The van der Waals surface area contributed by atoms with Crippen LogP contribution >= 0.6 is 11.3 Å². The zero-order chi connectivity index (χ0) is 11.8. The van der Waals surface area contributed by atoms with Gasteiger partial charge in [0.2, 0.25) is 0 Å². The molecule has 0 radical (unpaired) electrons. The summed E-state index contributed by atoms with van der Waals surface area (Å²) in [6, 6.07) is 0. The van der Waals surface area contributed by atoms with E-state index in [4.69, 9.17) is 4.98 Å². The molecule has 1 aliphatic carbocycles. The maximum absolute atomic E-state index is 9.40. The number of hydrogen-bond donors (Lipinski definition) is 1. The van der Waals surface area contributed by atoms with Gasteiger partial charge in [0.05, 0.1) is 17.2 Å². The molecule has 94 valence electrons. The Balaban J connectivity index is 1.79. The predicted molar refractivity (Wildman–Crippen MR) is 70.6 cm³/mol. The first-order chi connectivity index (χ1) is 8.31. The summed E-state index contributed by atoms with van der Waals surface area (Å²) in [4.78, 5) is 8.28. The molecular formula is C13H20N2OS. The molecule has 1 N–H and O–H groups in total. The molecule has 0 aromatic carbocycles. The maximum atomic E-state index is 9.40. The average Bonchev–Trinajstić information content (AvgIpc) is 2.95. The minimum absolute atomic E-state index is 0.161. The molecule has 1 saturated carbocycles. The van der Waals surface area contributed by atoms with Crippen molar-refractivity contribution in [2.45, 2.75) is 45.1 Å². The zero-order valence-electron chi connectivity index (χ0n) is 10.4. The van der Waals surface area contributed by atoms with Crippen LogP contribution in [-0.2, 0) is 6.61 Å². The highest BCUT2D eigenvalue weighted by atomic mass is 32.1. The molecule has 2 heterocycles. The molecule has 3 nitrogen and oxygen atoms in total. The van der Waals surface area contributed by atoms with Crippen LogP contribution < -0.4 is 4.90 Å². The van der Waals surface area contributed by atoms with Gasteiger partial charge in [0, 0.05) is 19.0 Å². The molecule has 1 saturated heterocycles. The zero-order valence-corrected chi connectivity index (χ0v) is 11.2. The van der Waals surface area contributed by atoms with Crippen LogP contribution in [0.2, 0.25) is 0 Å². The first-order valence-electron chi connectivity index (χ1n) is 6.67. The van der Waals surface area contributed by atoms with Gasteiger partial charge in [-0.3, -0.25) is 0 Å². The fraction of sp³-hybridized carbons (Fsp3) is 0.769. The van der Waals surface area contributed by atoms with E-state index in [9.17, 15) is 5.11 Å². The number of hydrogen-bond acceptors (Lipinski definition) is 4. The monoisotopic (exact) mass is 252 g/mol. The van der Waals surface area contributed by atoms with Crippen LogP contribution in [0.1, 0.15) is 49.1 Å². The lowest BCUT2D eigenvalue weighted by Crippen LogP contribution is -2.19. The van der Waals surface area contributed by atoms with Crippen LogP contribution in [0.5, 0.6) is 0 Å². The number of anilines is 1. The van der Waals surface area contributed by atoms with Crippen molar-refractivity contribution in [1.29, 1.82) is 0 Å². The Hall–Kier alpha value is -0.610. The topological polar surface area (TPSA) is 36.4 Å². The SMILES string of the molecule is CCC1CCN(c2nc(C3CC3)c(CO)s2)C1. The van der Waals surface area contributed by atoms with E-state index < -0.39 is 0 Å². The molecule has 1 unspecified atom stereocenters. The second kappa shape index (κ2) is 4.58. The van der Waals surface area contributed by atoms with Gasteiger partial charge in [-0.1, -0.05) is 24.7 Å². The highest BCUT2D eigenvalue weighted by Gasteiger charge is 2.31. The Bertz CT molecular complexity index is 400. The van der Waals surface area contributed by atoms with Crippen molar-refractivity contribution in [2.24, 2.45) is 5.92 Å². The van der Waals surface area contributed by atoms with Crippen molar-refractivity contribution in [3.8, 4) is 0 Å². The first kappa shape index (κ1) is 11.5. The van der Waals surface area contributed by atoms with Crippen LogP contribution in [0.25, 0.3) is 0 Å². The third kappa shape index (κ3) is 2.20. The second-order valence-electron chi connectivity index (χ2n) is 5.25. The third-order valence-electron chi connectivity index (χ3n) is 3.96. The average molecular weight is 252 g/mol. The van der Waals surface area contributed by atoms with Gasteiger partial charge in [-0.25, -0.2) is 4.98 Å². The summed E-state index contributed by atoms with van der Waals surface area (Å²) in [7, 11) is 0. The molecule has 17 heavy (non-hydrogen) atoms. The molecule has 1 aliphatic heterocycles. The predicted octanol–water partition coefficient (Wildman–Crippen LogP) is 2.75. The summed E-state index contributed by atoms with van der Waals surface area (Å²) in [6.07, 6.45) is 5.08. The Morgan fingerprint density at radius 3 is 2.82 bits per heavy atom. The number of aromatic nitrogens is 1. The normalized spacial score (nSPS) is 24.6. The van der Waals surface area contributed by atoms with E-state index in [2.05, 4.69) is 11.8 Å². The van der Waals surface area contributed by atoms with Gasteiger partial charge in [0.1, 0.15) is 0 Å². The molecule has 4 heteroatoms. The smallest absolute Gasteiger partial charge is 0.185 e. The summed E-state index contributed by atoms with van der Waals surface area (Å²) in [5, 5.41) is 10.5. The Morgan fingerprint density at radius 1 is 1.41 bits per heavy atom. The minimum Gasteiger partial charge on any atom is -0.391 e. The van der Waals surface area contributed by atoms with Crippen LogP contribution in [0.15, 0.2) is 0 Å². The van der Waals surface area contributed by atoms with Gasteiger partial charge < -0.3 is 10.0 Å². The largest absolute Gasteiger partial charge is 0.391 e. The number of rotatable bonds is 4. The van der Waals surface area contributed by atoms with Gasteiger partial charge in [-0.2, -0.15) is 0 Å². The molecular weight excluding hydrogens is 232 g/mol. The van der Waals surface area contributed by atoms with E-state index in [1.165, 1.54) is 31.4 Å². The van der Waals surface area contributed by atoms with Crippen molar-refractivity contribution in [2.75, 3.05) is 18.0 Å². The molecule has 2 aliphatic rings. The highest BCUT2D eigenvalue weighted by molar-refractivity contribution is 7.15. The van der Waals surface area contributed by atoms with Crippen molar-refractivity contribution < 1.29 is 5.11 Å². The van der Waals surface area contributed by atoms with E-state index in [1.54, 1.807) is 11.3 Å². The van der Waals surface area contributed by atoms with Crippen LogP contribution in [-0.4, -0.2) is 23.2 Å². The summed E-state index contributed by atoms with van der Waals surface area (Å²) >= 11 is 1.70. The van der Waals surface area contributed by atoms with Crippen LogP contribution in [0.4, 0.5) is 5.13 Å². The molecule has 1 atom stereocenters. The highest BCUT2D eigenvalue weighted by Crippen LogP contribution is 2.44. The summed E-state index contributed by atoms with van der Waals surface area (Å²) in [6.45, 7) is 4.72. The molecule has 0 spiro atoms. The van der Waals surface area contributed by atoms with E-state index in [0.717, 1.165) is 29.0 Å². The number of aliphatic hydroxyl groups excluding tert-OH is 1. The van der Waals surface area contributed by atoms with Gasteiger partial charge in [0.15, 0.2) is 5.13 Å². The minimum atomic E-state index is 0.161. The Kier molecular flexibility index (Phi) is 3.09. The van der Waals surface area contributed by atoms with Gasteiger partial charge in [-0.05, 0) is 25.2 Å². The van der Waals surface area contributed by atoms with Crippen molar-refractivity contribution in [1.82, 2.24) is 4.98 Å². The Morgan fingerprint density at radius 2 is 2.24 bits per heavy atom. The second-order valence-corrected chi connectivity index (χ2v) is 6.31. The van der Waals surface area contributed by atoms with Crippen molar-refractivity contribution in [3.63, 3.8) is 0 Å². The summed E-state index contributed by atoms with van der Waals surface area (Å²) < 4.78 is 0. The summed E-state index contributed by atoms with van der Waals surface area (Å²) in [5.74, 6) is 1.48. The molecule has 0 amide bonds. The molecule has 1 aromatic heterocycles. The van der Waals surface area contributed by atoms with Gasteiger partial charge in [-0.15, -0.1) is 0 Å². The van der Waals surface area contributed by atoms with Crippen molar-refractivity contribution >= 4 is 16.5 Å². The first-order valence-corrected chi connectivity index (χ1v) is 7.48. The molecule has 1 aromatic rings. The van der Waals surface area contributed by atoms with Crippen molar-refractivity contribution in [3.05, 3.63) is 10.6 Å². The fourth-order valence-corrected chi connectivity index (χ4v) is 3.66. The Labute approximate surface area is 106 Å². The lowest BCUT2D eigenvalue weighted by molar-refractivity contribution is 0.284. The maximum Gasteiger partial charge on any atom is 0.185 e. The lowest BCUT2D eigenvalue weighted by Gasteiger charge is -2.14. The lowest BCUT2D eigenvalue weighted by atomic mass is 10.1. The summed E-state index contributed by atoms with van der Waals surface area (Å²) in [5.41, 5.74) is 1.19. The van der Waals surface area contributed by atoms with E-state index >= 15 is 0 Å². The number of nitrogens with zero attached hydrogens (tertiary/aromatic N) is 2. The van der Waals surface area contributed by atoms with Crippen LogP contribution in [0, 0.1) is 5.92 Å².